The van der Waals surface area contributed by atoms with Gasteiger partial charge in [0, 0.05) is 17.9 Å². The van der Waals surface area contributed by atoms with Crippen molar-refractivity contribution in [3.63, 3.8) is 0 Å². The highest BCUT2D eigenvalue weighted by atomic mass is 35.5. The van der Waals surface area contributed by atoms with E-state index in [1.54, 1.807) is 14.2 Å². The van der Waals surface area contributed by atoms with Crippen LogP contribution in [0.2, 0.25) is 0 Å². The molecule has 5 nitrogen and oxygen atoms in total. The highest BCUT2D eigenvalue weighted by molar-refractivity contribution is 5.85. The van der Waals surface area contributed by atoms with Gasteiger partial charge in [0.15, 0.2) is 11.5 Å². The molecule has 2 aliphatic carbocycles. The molecule has 0 bridgehead atoms. The average Bonchev–Trinajstić information content (AvgIpc) is 3.21. The first-order valence-electron chi connectivity index (χ1n) is 10.3. The van der Waals surface area contributed by atoms with Gasteiger partial charge in [0.25, 0.3) is 0 Å². The van der Waals surface area contributed by atoms with Crippen LogP contribution < -0.4 is 20.5 Å². The van der Waals surface area contributed by atoms with Gasteiger partial charge in [-0.1, -0.05) is 31.7 Å². The first-order chi connectivity index (χ1) is 13.1. The number of carbonyl (C=O) groups excluding carboxylic acids is 1. The third kappa shape index (κ3) is 4.74. The Morgan fingerprint density at radius 2 is 1.82 bits per heavy atom. The maximum absolute atomic E-state index is 12.8. The second-order valence-electron chi connectivity index (χ2n) is 8.16. The van der Waals surface area contributed by atoms with Crippen LogP contribution in [0.5, 0.6) is 11.5 Å². The molecule has 3 rings (SSSR count). The molecule has 1 amide bonds. The molecule has 1 aromatic carbocycles. The molecule has 2 aliphatic rings. The average molecular weight is 411 g/mol. The normalized spacial score (nSPS) is 23.5. The van der Waals surface area contributed by atoms with Gasteiger partial charge in [-0.15, -0.1) is 12.4 Å². The predicted molar refractivity (Wildman–Crippen MR) is 114 cm³/mol. The van der Waals surface area contributed by atoms with E-state index >= 15 is 0 Å². The number of carbonyl (C=O) groups is 1. The Hall–Kier alpha value is -1.46. The van der Waals surface area contributed by atoms with Crippen molar-refractivity contribution in [2.75, 3.05) is 27.3 Å². The molecule has 0 aromatic heterocycles. The first-order valence-corrected chi connectivity index (χ1v) is 10.3. The predicted octanol–water partition coefficient (Wildman–Crippen LogP) is 3.82. The van der Waals surface area contributed by atoms with Gasteiger partial charge in [-0.2, -0.15) is 0 Å². The van der Waals surface area contributed by atoms with Crippen LogP contribution in [0.1, 0.15) is 56.9 Å². The molecular formula is C22H35ClN2O3. The van der Waals surface area contributed by atoms with Gasteiger partial charge in [0.2, 0.25) is 5.91 Å². The second-order valence-corrected chi connectivity index (χ2v) is 8.16. The van der Waals surface area contributed by atoms with E-state index in [1.165, 1.54) is 24.8 Å². The van der Waals surface area contributed by atoms with Gasteiger partial charge < -0.3 is 20.5 Å². The Morgan fingerprint density at radius 3 is 2.46 bits per heavy atom. The number of hydrogen-bond donors (Lipinski definition) is 2. The number of halogens is 1. The molecule has 6 heteroatoms. The summed E-state index contributed by atoms with van der Waals surface area (Å²) in [5.74, 6) is 2.11. The number of ether oxygens (including phenoxy) is 2. The largest absolute Gasteiger partial charge is 0.493 e. The zero-order chi connectivity index (χ0) is 19.3. The van der Waals surface area contributed by atoms with Crippen molar-refractivity contribution in [2.45, 2.75) is 56.8 Å². The summed E-state index contributed by atoms with van der Waals surface area (Å²) in [7, 11) is 3.33. The number of methoxy groups -OCH3 is 2. The van der Waals surface area contributed by atoms with Gasteiger partial charge in [-0.25, -0.2) is 0 Å². The highest BCUT2D eigenvalue weighted by Crippen LogP contribution is 2.42. The van der Waals surface area contributed by atoms with E-state index in [0.29, 0.717) is 19.0 Å². The lowest BCUT2D eigenvalue weighted by molar-refractivity contribution is -0.126. The summed E-state index contributed by atoms with van der Waals surface area (Å²) in [5, 5.41) is 3.30. The Labute approximate surface area is 175 Å². The van der Waals surface area contributed by atoms with Crippen LogP contribution in [0.25, 0.3) is 0 Å². The molecule has 2 atom stereocenters. The molecule has 0 unspecified atom stereocenters. The summed E-state index contributed by atoms with van der Waals surface area (Å²) in [6.45, 7) is 1.30. The number of rotatable bonds is 7. The molecule has 158 valence electrons. The molecule has 1 aromatic rings. The lowest BCUT2D eigenvalue weighted by atomic mass is 9.69. The molecule has 0 spiro atoms. The lowest BCUT2D eigenvalue weighted by Crippen LogP contribution is -2.45. The van der Waals surface area contributed by atoms with Crippen LogP contribution in [-0.4, -0.2) is 33.2 Å². The van der Waals surface area contributed by atoms with Crippen LogP contribution in [0, 0.1) is 11.8 Å². The second kappa shape index (κ2) is 10.4. The maximum atomic E-state index is 12.8. The van der Waals surface area contributed by atoms with Crippen molar-refractivity contribution in [3.8, 4) is 11.5 Å². The summed E-state index contributed by atoms with van der Waals surface area (Å²) >= 11 is 0. The van der Waals surface area contributed by atoms with Crippen molar-refractivity contribution in [1.82, 2.24) is 5.32 Å². The monoisotopic (exact) mass is 410 g/mol. The first kappa shape index (κ1) is 22.8. The molecule has 0 heterocycles. The minimum Gasteiger partial charge on any atom is -0.493 e. The maximum Gasteiger partial charge on any atom is 0.223 e. The van der Waals surface area contributed by atoms with E-state index in [9.17, 15) is 4.79 Å². The molecular weight excluding hydrogens is 376 g/mol. The Balaban J connectivity index is 0.00000280. The van der Waals surface area contributed by atoms with E-state index in [-0.39, 0.29) is 29.6 Å². The smallest absolute Gasteiger partial charge is 0.223 e. The van der Waals surface area contributed by atoms with E-state index in [0.717, 1.165) is 43.6 Å². The topological polar surface area (TPSA) is 73.6 Å². The van der Waals surface area contributed by atoms with Crippen LogP contribution in [-0.2, 0) is 10.2 Å². The summed E-state index contributed by atoms with van der Waals surface area (Å²) in [6, 6.07) is 6.21. The van der Waals surface area contributed by atoms with Gasteiger partial charge in [-0.3, -0.25) is 4.79 Å². The molecule has 3 N–H and O–H groups in total. The van der Waals surface area contributed by atoms with Gasteiger partial charge in [-0.05, 0) is 55.8 Å². The minimum absolute atomic E-state index is 0. The number of benzene rings is 1. The van der Waals surface area contributed by atoms with Crippen molar-refractivity contribution < 1.29 is 14.3 Å². The molecule has 2 saturated carbocycles. The van der Waals surface area contributed by atoms with E-state index < -0.39 is 0 Å². The quantitative estimate of drug-likeness (QED) is 0.716. The van der Waals surface area contributed by atoms with Crippen LogP contribution in [0.3, 0.4) is 0 Å². The van der Waals surface area contributed by atoms with Crippen molar-refractivity contribution in [3.05, 3.63) is 23.8 Å². The summed E-state index contributed by atoms with van der Waals surface area (Å²) in [6.07, 6.45) is 8.99. The fraction of sp³-hybridized carbons (Fsp3) is 0.682. The Morgan fingerprint density at radius 1 is 1.11 bits per heavy atom. The molecule has 0 aliphatic heterocycles. The lowest BCUT2D eigenvalue weighted by Gasteiger charge is -2.38. The number of hydrogen-bond acceptors (Lipinski definition) is 4. The third-order valence-electron chi connectivity index (χ3n) is 6.71. The zero-order valence-corrected chi connectivity index (χ0v) is 18.0. The number of amides is 1. The van der Waals surface area contributed by atoms with Crippen LogP contribution in [0.15, 0.2) is 18.2 Å². The van der Waals surface area contributed by atoms with Crippen molar-refractivity contribution in [1.29, 1.82) is 0 Å². The number of nitrogens with two attached hydrogens (primary N) is 1. The number of nitrogens with one attached hydrogen (secondary N) is 1. The van der Waals surface area contributed by atoms with E-state index in [2.05, 4.69) is 17.4 Å². The van der Waals surface area contributed by atoms with Gasteiger partial charge >= 0.3 is 0 Å². The minimum atomic E-state index is -0.0235. The molecule has 0 saturated heterocycles. The van der Waals surface area contributed by atoms with Crippen LogP contribution >= 0.6 is 12.4 Å². The molecule has 2 fully saturated rings. The van der Waals surface area contributed by atoms with Crippen LogP contribution in [0.4, 0.5) is 0 Å². The van der Waals surface area contributed by atoms with Crippen molar-refractivity contribution in [2.24, 2.45) is 17.6 Å². The SMILES string of the molecule is COc1ccc(C2(CNC(=O)[C@@H]3CCC[C@@H]3CN)CCCCC2)cc1OC.Cl. The summed E-state index contributed by atoms with van der Waals surface area (Å²) in [4.78, 5) is 12.8. The van der Waals surface area contributed by atoms with E-state index in [1.807, 2.05) is 6.07 Å². The Kier molecular flexibility index (Phi) is 8.44. The Bertz CT molecular complexity index is 647. The zero-order valence-electron chi connectivity index (χ0n) is 17.2. The fourth-order valence-corrected chi connectivity index (χ4v) is 5.01. The molecule has 28 heavy (non-hydrogen) atoms. The van der Waals surface area contributed by atoms with Crippen molar-refractivity contribution >= 4 is 18.3 Å². The third-order valence-corrected chi connectivity index (χ3v) is 6.71. The molecule has 0 radical (unpaired) electrons. The highest BCUT2D eigenvalue weighted by Gasteiger charge is 2.37. The van der Waals surface area contributed by atoms with E-state index in [4.69, 9.17) is 15.2 Å². The van der Waals surface area contributed by atoms with Gasteiger partial charge in [0.05, 0.1) is 14.2 Å². The summed E-state index contributed by atoms with van der Waals surface area (Å²) in [5.41, 5.74) is 7.09. The standard InChI is InChI=1S/C22H34N2O3.ClH/c1-26-19-10-9-17(13-20(19)27-2)22(11-4-3-5-12-22)15-24-21(25)18-8-6-7-16(18)14-23;/h9-10,13,16,18H,3-8,11-12,14-15,23H2,1-2H3,(H,24,25);1H/t16-,18-;/m1./s1. The fourth-order valence-electron chi connectivity index (χ4n) is 5.01. The summed E-state index contributed by atoms with van der Waals surface area (Å²) < 4.78 is 10.9. The van der Waals surface area contributed by atoms with Gasteiger partial charge in [0.1, 0.15) is 0 Å².